The number of aromatic amines is 1. The summed E-state index contributed by atoms with van der Waals surface area (Å²) in [6.07, 6.45) is 4.53. The van der Waals surface area contributed by atoms with E-state index in [4.69, 9.17) is 5.73 Å². The molecule has 44 heavy (non-hydrogen) atoms. The van der Waals surface area contributed by atoms with Crippen LogP contribution >= 0.6 is 0 Å². The number of pyridine rings is 1. The van der Waals surface area contributed by atoms with Crippen LogP contribution < -0.4 is 27.0 Å². The Morgan fingerprint density at radius 1 is 0.977 bits per heavy atom. The molecule has 0 saturated carbocycles. The lowest BCUT2D eigenvalue weighted by Crippen LogP contribution is -2.25. The van der Waals surface area contributed by atoms with Crippen molar-refractivity contribution in [3.63, 3.8) is 0 Å². The number of hydrogen-bond donors (Lipinski definition) is 6. The van der Waals surface area contributed by atoms with Crippen LogP contribution in [0.4, 0.5) is 31.7 Å². The Balaban J connectivity index is 1.08. The molecule has 7 N–H and O–H groups in total. The number of nitrogens with zero attached hydrogens (tertiary/aromatic N) is 1. The summed E-state index contributed by atoms with van der Waals surface area (Å²) >= 11 is 0. The molecule has 0 aliphatic carbocycles. The molecule has 0 spiro atoms. The van der Waals surface area contributed by atoms with Crippen LogP contribution in [0.5, 0.6) is 0 Å². The number of fused-ring (bicyclic) bond motifs is 1. The highest BCUT2D eigenvalue weighted by atomic mass is 19.1. The summed E-state index contributed by atoms with van der Waals surface area (Å²) in [5.74, 6) is -1.31. The smallest absolute Gasteiger partial charge is 0.257 e. The number of nitrogen functional groups attached to an aromatic ring is 1. The summed E-state index contributed by atoms with van der Waals surface area (Å²) in [7, 11) is 0. The maximum atomic E-state index is 13.8. The van der Waals surface area contributed by atoms with Crippen LogP contribution in [-0.4, -0.2) is 40.8 Å². The molecule has 0 atom stereocenters. The second-order valence-electron chi connectivity index (χ2n) is 10.4. The molecule has 0 unspecified atom stereocenters. The summed E-state index contributed by atoms with van der Waals surface area (Å²) in [4.78, 5) is 45.3. The minimum absolute atomic E-state index is 0.126. The van der Waals surface area contributed by atoms with Crippen molar-refractivity contribution in [2.24, 2.45) is 0 Å². The van der Waals surface area contributed by atoms with E-state index in [1.54, 1.807) is 32.1 Å². The molecule has 226 valence electrons. The van der Waals surface area contributed by atoms with Crippen LogP contribution in [0.1, 0.15) is 56.1 Å². The number of nitrogens with two attached hydrogens (primary N) is 1. The van der Waals surface area contributed by atoms with Gasteiger partial charge in [0.1, 0.15) is 17.5 Å². The number of aryl methyl sites for hydroxylation is 1. The predicted octanol–water partition coefficient (Wildman–Crippen LogP) is 5.25. The van der Waals surface area contributed by atoms with Crippen LogP contribution in [0, 0.1) is 25.5 Å². The molecule has 3 amide bonds. The van der Waals surface area contributed by atoms with Gasteiger partial charge in [-0.25, -0.2) is 13.8 Å². The van der Waals surface area contributed by atoms with E-state index in [0.717, 1.165) is 12.5 Å². The summed E-state index contributed by atoms with van der Waals surface area (Å²) in [6.45, 7) is 4.64. The van der Waals surface area contributed by atoms with Crippen molar-refractivity contribution >= 4 is 52.3 Å². The molecule has 5 rings (SSSR count). The van der Waals surface area contributed by atoms with Gasteiger partial charge in [0.05, 0.1) is 28.1 Å². The van der Waals surface area contributed by atoms with Crippen molar-refractivity contribution in [2.45, 2.75) is 26.7 Å². The molecule has 2 aromatic heterocycles. The zero-order valence-electron chi connectivity index (χ0n) is 24.1. The molecule has 0 bridgehead atoms. The number of benzene rings is 2. The van der Waals surface area contributed by atoms with Crippen LogP contribution in [0.25, 0.3) is 11.6 Å². The fourth-order valence-electron chi connectivity index (χ4n) is 4.94. The third kappa shape index (κ3) is 6.59. The van der Waals surface area contributed by atoms with Gasteiger partial charge in [-0.2, -0.15) is 0 Å². The normalized spacial score (nSPS) is 13.0. The molecule has 10 nitrogen and oxygen atoms in total. The van der Waals surface area contributed by atoms with Crippen molar-refractivity contribution in [3.8, 4) is 0 Å². The molecule has 1 aliphatic heterocycles. The Kier molecular flexibility index (Phi) is 8.70. The molecule has 1 aliphatic rings. The topological polar surface area (TPSA) is 154 Å². The van der Waals surface area contributed by atoms with Gasteiger partial charge in [-0.3, -0.25) is 14.4 Å². The molecule has 2 aromatic carbocycles. The van der Waals surface area contributed by atoms with Gasteiger partial charge in [0.25, 0.3) is 17.7 Å². The van der Waals surface area contributed by atoms with Crippen molar-refractivity contribution in [1.82, 2.24) is 15.3 Å². The summed E-state index contributed by atoms with van der Waals surface area (Å²) in [5, 5.41) is 11.5. The Labute approximate surface area is 252 Å². The van der Waals surface area contributed by atoms with Crippen molar-refractivity contribution in [2.75, 3.05) is 34.8 Å². The Bertz CT molecular complexity index is 1780. The van der Waals surface area contributed by atoms with E-state index in [1.807, 2.05) is 0 Å². The second-order valence-corrected chi connectivity index (χ2v) is 10.4. The first kappa shape index (κ1) is 30.0. The number of rotatable bonds is 10. The Morgan fingerprint density at radius 3 is 2.48 bits per heavy atom. The molecule has 3 heterocycles. The average molecular weight is 600 g/mol. The largest absolute Gasteiger partial charge is 0.397 e. The standard InChI is InChI=1S/C32H31F2N7O3/c1-17-27(15-23-22-13-20(33)6-8-25(22)40-31(23)43)39-18(2)29(17)32(44)37-12-4-3-11-36-28-10-5-19(16-38-28)30(42)41-26-9-7-21(34)14-24(26)35/h5-10,13-16,39H,3-4,11-12,35H2,1-2H3,(H,36,38)(H,37,44)(H,40,43)(H,41,42)/b23-15-. The molecule has 12 heteroatoms. The molecule has 4 aromatic rings. The fourth-order valence-corrected chi connectivity index (χ4v) is 4.94. The average Bonchev–Trinajstić information content (AvgIpc) is 3.45. The number of H-pyrrole nitrogens is 1. The lowest BCUT2D eigenvalue weighted by Gasteiger charge is -2.09. The van der Waals surface area contributed by atoms with E-state index in [0.29, 0.717) is 75.9 Å². The van der Waals surface area contributed by atoms with Gasteiger partial charge >= 0.3 is 0 Å². The van der Waals surface area contributed by atoms with E-state index < -0.39 is 17.5 Å². The summed E-state index contributed by atoms with van der Waals surface area (Å²) < 4.78 is 27.0. The minimum atomic E-state index is -0.488. The monoisotopic (exact) mass is 599 g/mol. The maximum absolute atomic E-state index is 13.8. The van der Waals surface area contributed by atoms with Gasteiger partial charge in [-0.1, -0.05) is 0 Å². The number of nitrogens with one attached hydrogen (secondary N) is 5. The van der Waals surface area contributed by atoms with Gasteiger partial charge in [-0.15, -0.1) is 0 Å². The summed E-state index contributed by atoms with van der Waals surface area (Å²) in [6, 6.07) is 11.2. The predicted molar refractivity (Wildman–Crippen MR) is 166 cm³/mol. The van der Waals surface area contributed by atoms with Crippen LogP contribution in [-0.2, 0) is 4.79 Å². The van der Waals surface area contributed by atoms with Crippen LogP contribution in [0.2, 0.25) is 0 Å². The highest BCUT2D eigenvalue weighted by molar-refractivity contribution is 6.35. The highest BCUT2D eigenvalue weighted by Gasteiger charge is 2.26. The van der Waals surface area contributed by atoms with E-state index in [9.17, 15) is 23.2 Å². The van der Waals surface area contributed by atoms with Gasteiger partial charge in [0.2, 0.25) is 0 Å². The number of carbonyl (C=O) groups excluding carboxylic acids is 3. The lowest BCUT2D eigenvalue weighted by atomic mass is 10.0. The second kappa shape index (κ2) is 12.8. The molecule has 0 fully saturated rings. The molecular weight excluding hydrogens is 568 g/mol. The quantitative estimate of drug-likeness (QED) is 0.0831. The maximum Gasteiger partial charge on any atom is 0.257 e. The fraction of sp³-hybridized carbons (Fsp3) is 0.188. The van der Waals surface area contributed by atoms with Gasteiger partial charge in [0.15, 0.2) is 0 Å². The zero-order chi connectivity index (χ0) is 31.4. The van der Waals surface area contributed by atoms with Crippen molar-refractivity contribution in [3.05, 3.63) is 100 Å². The van der Waals surface area contributed by atoms with Gasteiger partial charge in [-0.05, 0) is 86.9 Å². The Morgan fingerprint density at radius 2 is 1.73 bits per heavy atom. The molecule has 0 radical (unpaired) electrons. The molecule has 0 saturated heterocycles. The number of anilines is 4. The third-order valence-electron chi connectivity index (χ3n) is 7.24. The van der Waals surface area contributed by atoms with Crippen LogP contribution in [0.3, 0.4) is 0 Å². The van der Waals surface area contributed by atoms with E-state index >= 15 is 0 Å². The van der Waals surface area contributed by atoms with Crippen molar-refractivity contribution in [1.29, 1.82) is 0 Å². The van der Waals surface area contributed by atoms with E-state index in [2.05, 4.69) is 31.2 Å². The van der Waals surface area contributed by atoms with Crippen LogP contribution in [0.15, 0.2) is 54.7 Å². The number of unbranched alkanes of at least 4 members (excludes halogenated alkanes) is 1. The first-order valence-corrected chi connectivity index (χ1v) is 14.0. The van der Waals surface area contributed by atoms with Crippen molar-refractivity contribution < 1.29 is 23.2 Å². The first-order chi connectivity index (χ1) is 21.1. The van der Waals surface area contributed by atoms with Gasteiger partial charge < -0.3 is 32.0 Å². The highest BCUT2D eigenvalue weighted by Crippen LogP contribution is 2.34. The number of halogens is 2. The third-order valence-corrected chi connectivity index (χ3v) is 7.24. The lowest BCUT2D eigenvalue weighted by molar-refractivity contribution is -0.110. The van der Waals surface area contributed by atoms with Gasteiger partial charge in [0, 0.05) is 41.9 Å². The minimum Gasteiger partial charge on any atom is -0.397 e. The first-order valence-electron chi connectivity index (χ1n) is 14.0. The number of carbonyl (C=O) groups is 3. The van der Waals surface area contributed by atoms with E-state index in [-0.39, 0.29) is 17.5 Å². The molecular formula is C32H31F2N7O3. The Hall–Kier alpha value is -5.52. The summed E-state index contributed by atoms with van der Waals surface area (Å²) in [5.41, 5.74) is 10.3. The zero-order valence-corrected chi connectivity index (χ0v) is 24.1. The number of aromatic nitrogens is 2. The number of hydrogen-bond acceptors (Lipinski definition) is 6. The van der Waals surface area contributed by atoms with E-state index in [1.165, 1.54) is 36.5 Å². The SMILES string of the molecule is Cc1[nH]c(/C=C2\C(=O)Nc3ccc(F)cc32)c(C)c1C(=O)NCCCCNc1ccc(C(=O)Nc2ccc(F)cc2N)cn1. The number of amides is 3.